The van der Waals surface area contributed by atoms with E-state index in [0.717, 1.165) is 5.56 Å². The number of urea groups is 1. The maximum absolute atomic E-state index is 11.5. The van der Waals surface area contributed by atoms with E-state index < -0.39 is 6.03 Å². The number of imide groups is 1. The summed E-state index contributed by atoms with van der Waals surface area (Å²) in [5, 5.41) is 9.80. The predicted octanol–water partition coefficient (Wildman–Crippen LogP) is -0.618. The van der Waals surface area contributed by atoms with Gasteiger partial charge in [0.2, 0.25) is 5.91 Å². The Morgan fingerprint density at radius 1 is 1.50 bits per heavy atom. The number of amides is 3. The fourth-order valence-electron chi connectivity index (χ4n) is 1.42. The Balaban J connectivity index is 2.23. The van der Waals surface area contributed by atoms with Crippen molar-refractivity contribution in [3.05, 3.63) is 17.8 Å². The van der Waals surface area contributed by atoms with Gasteiger partial charge in [-0.1, -0.05) is 0 Å². The Bertz CT molecular complexity index is 434. The van der Waals surface area contributed by atoms with Crippen LogP contribution in [0.5, 0.6) is 0 Å². The Morgan fingerprint density at radius 3 is 3.00 bits per heavy atom. The van der Waals surface area contributed by atoms with Crippen molar-refractivity contribution in [1.82, 2.24) is 15.5 Å². The zero-order chi connectivity index (χ0) is 11.5. The van der Waals surface area contributed by atoms with Gasteiger partial charge in [-0.15, -0.1) is 5.10 Å². The molecular weight excluding hydrogens is 210 g/mol. The predicted molar refractivity (Wildman–Crippen MR) is 55.4 cm³/mol. The molecule has 0 unspecified atom stereocenters. The molecule has 7 nitrogen and oxygen atoms in total. The van der Waals surface area contributed by atoms with Crippen LogP contribution in [0.4, 0.5) is 10.6 Å². The van der Waals surface area contributed by atoms with E-state index in [-0.39, 0.29) is 12.3 Å². The second-order valence-corrected chi connectivity index (χ2v) is 3.38. The fourth-order valence-corrected chi connectivity index (χ4v) is 1.42. The van der Waals surface area contributed by atoms with Gasteiger partial charge in [0.05, 0.1) is 6.20 Å². The molecule has 0 aromatic carbocycles. The monoisotopic (exact) mass is 221 g/mol. The smallest absolute Gasteiger partial charge is 0.326 e. The average molecular weight is 221 g/mol. The molecular formula is C9H11N5O2. The number of rotatable bonds is 2. The zero-order valence-corrected chi connectivity index (χ0v) is 8.51. The largest absolute Gasteiger partial charge is 0.329 e. The van der Waals surface area contributed by atoms with Gasteiger partial charge in [0.25, 0.3) is 0 Å². The van der Waals surface area contributed by atoms with Crippen molar-refractivity contribution < 1.29 is 9.59 Å². The molecule has 3 N–H and O–H groups in total. The van der Waals surface area contributed by atoms with Crippen molar-refractivity contribution in [3.63, 3.8) is 0 Å². The first-order chi connectivity index (χ1) is 7.70. The van der Waals surface area contributed by atoms with E-state index in [1.54, 1.807) is 6.07 Å². The Hall–Kier alpha value is -2.02. The lowest BCUT2D eigenvalue weighted by molar-refractivity contribution is -0.120. The molecule has 1 saturated heterocycles. The van der Waals surface area contributed by atoms with E-state index in [9.17, 15) is 9.59 Å². The maximum atomic E-state index is 11.5. The van der Waals surface area contributed by atoms with E-state index in [2.05, 4.69) is 15.5 Å². The molecule has 0 aliphatic carbocycles. The molecule has 7 heteroatoms. The summed E-state index contributed by atoms with van der Waals surface area (Å²) in [6, 6.07) is 1.21. The molecule has 1 aromatic rings. The van der Waals surface area contributed by atoms with Crippen LogP contribution in [-0.4, -0.2) is 28.7 Å². The summed E-state index contributed by atoms with van der Waals surface area (Å²) in [5.74, 6) is 0.136. The first-order valence-corrected chi connectivity index (χ1v) is 4.83. The van der Waals surface area contributed by atoms with Crippen LogP contribution in [0.1, 0.15) is 12.0 Å². The van der Waals surface area contributed by atoms with Crippen molar-refractivity contribution >= 4 is 17.8 Å². The summed E-state index contributed by atoms with van der Waals surface area (Å²) >= 11 is 0. The molecule has 1 fully saturated rings. The molecule has 0 radical (unpaired) electrons. The first-order valence-electron chi connectivity index (χ1n) is 4.83. The van der Waals surface area contributed by atoms with Crippen molar-refractivity contribution in [2.75, 3.05) is 11.4 Å². The summed E-state index contributed by atoms with van der Waals surface area (Å²) in [4.78, 5) is 23.8. The van der Waals surface area contributed by atoms with Gasteiger partial charge in [0, 0.05) is 19.5 Å². The van der Waals surface area contributed by atoms with Gasteiger partial charge in [-0.3, -0.25) is 15.0 Å². The minimum Gasteiger partial charge on any atom is -0.326 e. The highest BCUT2D eigenvalue weighted by Gasteiger charge is 2.25. The molecule has 3 amide bonds. The number of nitrogens with zero attached hydrogens (tertiary/aromatic N) is 3. The molecule has 16 heavy (non-hydrogen) atoms. The number of nitrogens with two attached hydrogens (primary N) is 1. The topological polar surface area (TPSA) is 101 Å². The molecule has 84 valence electrons. The molecule has 2 heterocycles. The molecule has 0 saturated carbocycles. The van der Waals surface area contributed by atoms with Gasteiger partial charge in [0.1, 0.15) is 0 Å². The van der Waals surface area contributed by atoms with Crippen molar-refractivity contribution in [1.29, 1.82) is 0 Å². The van der Waals surface area contributed by atoms with Gasteiger partial charge in [-0.2, -0.15) is 5.10 Å². The van der Waals surface area contributed by atoms with Crippen molar-refractivity contribution in [2.45, 2.75) is 13.0 Å². The lowest BCUT2D eigenvalue weighted by atomic mass is 10.2. The van der Waals surface area contributed by atoms with Crippen LogP contribution in [0, 0.1) is 0 Å². The molecule has 1 aliphatic heterocycles. The molecule has 2 rings (SSSR count). The Kier molecular flexibility index (Phi) is 2.78. The van der Waals surface area contributed by atoms with Gasteiger partial charge in [-0.05, 0) is 11.6 Å². The van der Waals surface area contributed by atoms with E-state index in [0.29, 0.717) is 18.9 Å². The summed E-state index contributed by atoms with van der Waals surface area (Å²) in [7, 11) is 0. The number of hydrogen-bond donors (Lipinski definition) is 2. The van der Waals surface area contributed by atoms with Crippen LogP contribution in [0.25, 0.3) is 0 Å². The number of anilines is 1. The SMILES string of the molecule is NCc1cnnc(N2CCC(=O)NC2=O)c1. The number of nitrogens with one attached hydrogen (secondary N) is 1. The standard InChI is InChI=1S/C9H11N5O2/c10-4-6-3-7(13-11-5-6)14-2-1-8(15)12-9(14)16/h3,5H,1-2,4,10H2,(H,12,15,16). The summed E-state index contributed by atoms with van der Waals surface area (Å²) in [6.45, 7) is 0.643. The Morgan fingerprint density at radius 2 is 2.31 bits per heavy atom. The minimum atomic E-state index is -0.472. The normalized spacial score (nSPS) is 16.2. The third-order valence-corrected chi connectivity index (χ3v) is 2.26. The van der Waals surface area contributed by atoms with Crippen LogP contribution in [0.2, 0.25) is 0 Å². The highest BCUT2D eigenvalue weighted by atomic mass is 16.2. The summed E-state index contributed by atoms with van der Waals surface area (Å²) in [6.07, 6.45) is 1.80. The second-order valence-electron chi connectivity index (χ2n) is 3.38. The van der Waals surface area contributed by atoms with Crippen molar-refractivity contribution in [2.24, 2.45) is 5.73 Å². The third kappa shape index (κ3) is 1.98. The number of hydrogen-bond acceptors (Lipinski definition) is 5. The van der Waals surface area contributed by atoms with Crippen LogP contribution in [-0.2, 0) is 11.3 Å². The molecule has 1 aromatic heterocycles. The lowest BCUT2D eigenvalue weighted by Crippen LogP contribution is -2.50. The minimum absolute atomic E-state index is 0.264. The third-order valence-electron chi connectivity index (χ3n) is 2.26. The fraction of sp³-hybridized carbons (Fsp3) is 0.333. The van der Waals surface area contributed by atoms with Gasteiger partial charge < -0.3 is 5.73 Å². The first kappa shape index (κ1) is 10.5. The highest BCUT2D eigenvalue weighted by Crippen LogP contribution is 2.14. The van der Waals surface area contributed by atoms with Crippen molar-refractivity contribution in [3.8, 4) is 0 Å². The number of aromatic nitrogens is 2. The van der Waals surface area contributed by atoms with Crippen LogP contribution in [0.15, 0.2) is 12.3 Å². The Labute approximate surface area is 91.6 Å². The quantitative estimate of drug-likeness (QED) is 0.693. The van der Waals surface area contributed by atoms with Crippen LogP contribution >= 0.6 is 0 Å². The molecule has 0 atom stereocenters. The number of carbonyl (C=O) groups is 2. The molecule has 0 bridgehead atoms. The number of carbonyl (C=O) groups excluding carboxylic acids is 2. The van der Waals surface area contributed by atoms with E-state index in [4.69, 9.17) is 5.73 Å². The molecule has 0 spiro atoms. The molecule has 1 aliphatic rings. The van der Waals surface area contributed by atoms with E-state index >= 15 is 0 Å². The van der Waals surface area contributed by atoms with Crippen LogP contribution in [0.3, 0.4) is 0 Å². The second kappa shape index (κ2) is 4.23. The summed E-state index contributed by atoms with van der Waals surface area (Å²) in [5.41, 5.74) is 6.25. The van der Waals surface area contributed by atoms with E-state index in [1.165, 1.54) is 11.1 Å². The highest BCUT2D eigenvalue weighted by molar-refractivity contribution is 6.05. The average Bonchev–Trinajstić information content (AvgIpc) is 2.29. The van der Waals surface area contributed by atoms with Gasteiger partial charge >= 0.3 is 6.03 Å². The van der Waals surface area contributed by atoms with Gasteiger partial charge in [0.15, 0.2) is 5.82 Å². The van der Waals surface area contributed by atoms with E-state index in [1.807, 2.05) is 0 Å². The zero-order valence-electron chi connectivity index (χ0n) is 8.51. The maximum Gasteiger partial charge on any atom is 0.329 e. The lowest BCUT2D eigenvalue weighted by Gasteiger charge is -2.25. The van der Waals surface area contributed by atoms with Crippen LogP contribution < -0.4 is 16.0 Å². The summed E-state index contributed by atoms with van der Waals surface area (Å²) < 4.78 is 0. The van der Waals surface area contributed by atoms with Gasteiger partial charge in [-0.25, -0.2) is 4.79 Å².